The van der Waals surface area contributed by atoms with E-state index in [-0.39, 0.29) is 42.5 Å². The van der Waals surface area contributed by atoms with Crippen molar-refractivity contribution in [2.75, 3.05) is 18.9 Å². The molecule has 2 aromatic heterocycles. The summed E-state index contributed by atoms with van der Waals surface area (Å²) >= 11 is 0. The van der Waals surface area contributed by atoms with Gasteiger partial charge in [0.15, 0.2) is 11.2 Å². The fourth-order valence-corrected chi connectivity index (χ4v) is 5.99. The quantitative estimate of drug-likeness (QED) is 0.0463. The van der Waals surface area contributed by atoms with E-state index >= 15 is 0 Å². The molecule has 3 atom stereocenters. The molecule has 2 rings (SSSR count). The first-order chi connectivity index (χ1) is 24.8. The summed E-state index contributed by atoms with van der Waals surface area (Å²) in [5.74, 6) is -1.48. The van der Waals surface area contributed by atoms with E-state index in [4.69, 9.17) is 19.9 Å². The van der Waals surface area contributed by atoms with Crippen molar-refractivity contribution in [1.82, 2.24) is 24.8 Å². The van der Waals surface area contributed by atoms with Gasteiger partial charge in [-0.15, -0.1) is 0 Å². The second kappa shape index (κ2) is 24.6. The third kappa shape index (κ3) is 18.2. The van der Waals surface area contributed by atoms with Gasteiger partial charge in [0, 0.05) is 18.9 Å². The van der Waals surface area contributed by atoms with Crippen LogP contribution in [0.1, 0.15) is 157 Å². The van der Waals surface area contributed by atoms with Crippen LogP contribution in [0, 0.1) is 11.8 Å². The second-order valence-corrected chi connectivity index (χ2v) is 15.2. The van der Waals surface area contributed by atoms with Crippen LogP contribution in [0.2, 0.25) is 0 Å². The maximum atomic E-state index is 13.3. The molecule has 0 aliphatic carbocycles. The van der Waals surface area contributed by atoms with Crippen LogP contribution in [0.25, 0.3) is 11.2 Å². The number of anilines is 1. The normalized spacial score (nSPS) is 13.4. The zero-order valence-corrected chi connectivity index (χ0v) is 32.9. The molecule has 1 amide bonds. The maximum Gasteiger partial charge on any atom is 0.408 e. The molecule has 13 heteroatoms. The minimum Gasteiger partial charge on any atom is -0.465 e. The van der Waals surface area contributed by atoms with Crippen LogP contribution in [0.15, 0.2) is 11.1 Å². The largest absolute Gasteiger partial charge is 0.465 e. The van der Waals surface area contributed by atoms with Gasteiger partial charge in [0.1, 0.15) is 11.6 Å². The Kier molecular flexibility index (Phi) is 21.0. The van der Waals surface area contributed by atoms with E-state index < -0.39 is 29.3 Å². The molecular weight excluding hydrogens is 664 g/mol. The van der Waals surface area contributed by atoms with Crippen molar-refractivity contribution >= 4 is 35.1 Å². The van der Waals surface area contributed by atoms with Crippen molar-refractivity contribution < 1.29 is 28.6 Å². The first kappa shape index (κ1) is 44.5. The number of aryl methyl sites for hydroxylation is 1. The number of rotatable bonds is 27. The van der Waals surface area contributed by atoms with E-state index in [0.29, 0.717) is 31.5 Å². The standard InChI is InChI=1S/C39H68N6O7/c1-7-9-10-11-12-13-14-15-16-17-18-19-20-21-22-23-31(46)50-26-30(24-25-45-28-41-33-34(45)43-37(40)44-35(33)47)27-51-36(48)32(29(3)8-2)42-38(49)52-39(4,5)6/h28-30,32H,7-27H2,1-6H3,(H,42,49)(H3,40,43,44,47)/t29-,30?,32-/m0/s1. The lowest BCUT2D eigenvalue weighted by atomic mass is 9.99. The van der Waals surface area contributed by atoms with Gasteiger partial charge in [0.25, 0.3) is 5.56 Å². The summed E-state index contributed by atoms with van der Waals surface area (Å²) in [4.78, 5) is 61.5. The van der Waals surface area contributed by atoms with E-state index in [1.54, 1.807) is 25.3 Å². The number of nitrogens with one attached hydrogen (secondary N) is 2. The third-order valence-electron chi connectivity index (χ3n) is 9.34. The fraction of sp³-hybridized carbons (Fsp3) is 0.795. The van der Waals surface area contributed by atoms with E-state index in [1.807, 2.05) is 13.8 Å². The minimum absolute atomic E-state index is 0.0222. The molecule has 0 fully saturated rings. The van der Waals surface area contributed by atoms with E-state index in [0.717, 1.165) is 19.3 Å². The molecule has 296 valence electrons. The molecular formula is C39H68N6O7. The molecule has 2 heterocycles. The average Bonchev–Trinajstić information content (AvgIpc) is 3.50. The highest BCUT2D eigenvalue weighted by molar-refractivity contribution is 5.81. The highest BCUT2D eigenvalue weighted by atomic mass is 16.6. The predicted molar refractivity (Wildman–Crippen MR) is 205 cm³/mol. The van der Waals surface area contributed by atoms with Crippen molar-refractivity contribution in [3.8, 4) is 0 Å². The first-order valence-corrected chi connectivity index (χ1v) is 19.9. The number of H-pyrrole nitrogens is 1. The Morgan fingerprint density at radius 2 is 1.44 bits per heavy atom. The van der Waals surface area contributed by atoms with Crippen LogP contribution in [0.5, 0.6) is 0 Å². The number of hydrogen-bond donors (Lipinski definition) is 3. The number of unbranched alkanes of at least 4 members (excludes halogenated alkanes) is 14. The number of nitrogens with zero attached hydrogens (tertiary/aromatic N) is 3. The van der Waals surface area contributed by atoms with Gasteiger partial charge in [-0.1, -0.05) is 117 Å². The van der Waals surface area contributed by atoms with Gasteiger partial charge < -0.3 is 29.8 Å². The molecule has 4 N–H and O–H groups in total. The number of carbonyl (C=O) groups is 3. The number of hydrogen-bond acceptors (Lipinski definition) is 10. The Morgan fingerprint density at radius 3 is 2.00 bits per heavy atom. The van der Waals surface area contributed by atoms with Crippen LogP contribution in [0.3, 0.4) is 0 Å². The number of alkyl carbamates (subject to hydrolysis) is 1. The zero-order valence-electron chi connectivity index (χ0n) is 32.9. The van der Waals surface area contributed by atoms with Gasteiger partial charge in [-0.25, -0.2) is 14.6 Å². The van der Waals surface area contributed by atoms with Crippen molar-refractivity contribution in [2.45, 2.75) is 175 Å². The number of nitrogen functional groups attached to an aromatic ring is 1. The minimum atomic E-state index is -0.912. The van der Waals surface area contributed by atoms with Gasteiger partial charge in [-0.05, 0) is 39.5 Å². The van der Waals surface area contributed by atoms with Crippen LogP contribution in [0.4, 0.5) is 10.7 Å². The Morgan fingerprint density at radius 1 is 0.885 bits per heavy atom. The summed E-state index contributed by atoms with van der Waals surface area (Å²) in [6.07, 6.45) is 21.0. The summed E-state index contributed by atoms with van der Waals surface area (Å²) in [6.45, 7) is 11.6. The SMILES string of the molecule is CCCCCCCCCCCCCCCCCC(=O)OCC(CCn1cnc2c(=O)[nH]c(N)nc21)COC(=O)[C@@H](NC(=O)OC(C)(C)C)[C@@H](C)CC. The number of ether oxygens (including phenoxy) is 3. The Hall–Kier alpha value is -3.64. The van der Waals surface area contributed by atoms with Crippen molar-refractivity contribution in [3.63, 3.8) is 0 Å². The van der Waals surface area contributed by atoms with Gasteiger partial charge in [-0.3, -0.25) is 14.6 Å². The summed E-state index contributed by atoms with van der Waals surface area (Å²) in [5, 5.41) is 2.66. The summed E-state index contributed by atoms with van der Waals surface area (Å²) < 4.78 is 18.4. The number of carbonyl (C=O) groups excluding carboxylic acids is 3. The maximum absolute atomic E-state index is 13.3. The molecule has 0 spiro atoms. The number of nitrogens with two attached hydrogens (primary N) is 1. The molecule has 0 saturated heterocycles. The Balaban J connectivity index is 1.84. The summed E-state index contributed by atoms with van der Waals surface area (Å²) in [5.41, 5.74) is 5.09. The molecule has 1 unspecified atom stereocenters. The van der Waals surface area contributed by atoms with E-state index in [9.17, 15) is 19.2 Å². The number of aromatic amines is 1. The highest BCUT2D eigenvalue weighted by Crippen LogP contribution is 2.17. The van der Waals surface area contributed by atoms with Crippen molar-refractivity contribution in [1.29, 1.82) is 0 Å². The van der Waals surface area contributed by atoms with Crippen LogP contribution >= 0.6 is 0 Å². The first-order valence-electron chi connectivity index (χ1n) is 19.9. The molecule has 0 saturated carbocycles. The fourth-order valence-electron chi connectivity index (χ4n) is 5.99. The van der Waals surface area contributed by atoms with Gasteiger partial charge in [0.05, 0.1) is 19.5 Å². The molecule has 0 bridgehead atoms. The number of esters is 2. The molecule has 13 nitrogen and oxygen atoms in total. The predicted octanol–water partition coefficient (Wildman–Crippen LogP) is 8.00. The van der Waals surface area contributed by atoms with Gasteiger partial charge in [0.2, 0.25) is 5.95 Å². The lowest BCUT2D eigenvalue weighted by Crippen LogP contribution is -2.48. The lowest BCUT2D eigenvalue weighted by Gasteiger charge is -2.26. The molecule has 52 heavy (non-hydrogen) atoms. The van der Waals surface area contributed by atoms with Crippen molar-refractivity contribution in [3.05, 3.63) is 16.7 Å². The number of aromatic nitrogens is 4. The van der Waals surface area contributed by atoms with E-state index in [1.165, 1.54) is 83.4 Å². The Labute approximate surface area is 310 Å². The lowest BCUT2D eigenvalue weighted by molar-refractivity contribution is -0.151. The zero-order chi connectivity index (χ0) is 38.4. The third-order valence-corrected chi connectivity index (χ3v) is 9.34. The summed E-state index contributed by atoms with van der Waals surface area (Å²) in [7, 11) is 0. The molecule has 2 aromatic rings. The Bertz CT molecular complexity index is 1390. The second-order valence-electron chi connectivity index (χ2n) is 15.2. The number of fused-ring (bicyclic) bond motifs is 1. The van der Waals surface area contributed by atoms with Gasteiger partial charge >= 0.3 is 18.0 Å². The van der Waals surface area contributed by atoms with Crippen LogP contribution in [-0.4, -0.2) is 62.4 Å². The molecule has 0 aromatic carbocycles. The van der Waals surface area contributed by atoms with Crippen molar-refractivity contribution in [2.24, 2.45) is 11.8 Å². The monoisotopic (exact) mass is 733 g/mol. The highest BCUT2D eigenvalue weighted by Gasteiger charge is 2.30. The summed E-state index contributed by atoms with van der Waals surface area (Å²) in [6, 6.07) is -0.912. The number of amides is 1. The molecule has 0 radical (unpaired) electrons. The topological polar surface area (TPSA) is 181 Å². The number of imidazole rings is 1. The van der Waals surface area contributed by atoms with Crippen LogP contribution in [-0.2, 0) is 30.3 Å². The van der Waals surface area contributed by atoms with Gasteiger partial charge in [-0.2, -0.15) is 4.98 Å². The average molecular weight is 733 g/mol. The smallest absolute Gasteiger partial charge is 0.408 e. The molecule has 0 aliphatic rings. The molecule has 0 aliphatic heterocycles. The van der Waals surface area contributed by atoms with E-state index in [2.05, 4.69) is 27.2 Å². The van der Waals surface area contributed by atoms with Crippen LogP contribution < -0.4 is 16.6 Å².